The fraction of sp³-hybridized carbons (Fsp3) is 0.265. The van der Waals surface area contributed by atoms with Gasteiger partial charge in [-0.2, -0.15) is 0 Å². The van der Waals surface area contributed by atoms with Crippen molar-refractivity contribution in [1.29, 1.82) is 0 Å². The first-order valence-corrected chi connectivity index (χ1v) is 14.2. The van der Waals surface area contributed by atoms with Gasteiger partial charge >= 0.3 is 6.09 Å². The van der Waals surface area contributed by atoms with Crippen molar-refractivity contribution in [3.8, 4) is 23.1 Å². The predicted molar refractivity (Wildman–Crippen MR) is 171 cm³/mol. The van der Waals surface area contributed by atoms with Crippen molar-refractivity contribution in [2.45, 2.75) is 53.2 Å². The van der Waals surface area contributed by atoms with Crippen LogP contribution in [0.25, 0.3) is 27.8 Å². The monoisotopic (exact) mass is 590 g/mol. The number of amides is 2. The summed E-state index contributed by atoms with van der Waals surface area (Å²) in [7, 11) is 1.51. The summed E-state index contributed by atoms with van der Waals surface area (Å²) >= 11 is 0. The molecule has 10 nitrogen and oxygen atoms in total. The van der Waals surface area contributed by atoms with E-state index in [1.165, 1.54) is 11.9 Å². The van der Waals surface area contributed by atoms with Crippen LogP contribution >= 0.6 is 0 Å². The normalized spacial score (nSPS) is 12.0. The molecule has 0 aliphatic rings. The van der Waals surface area contributed by atoms with Crippen molar-refractivity contribution in [1.82, 2.24) is 24.3 Å². The number of ether oxygens (including phenoxy) is 1. The van der Waals surface area contributed by atoms with Crippen molar-refractivity contribution < 1.29 is 14.3 Å². The largest absolute Gasteiger partial charge is 0.444 e. The van der Waals surface area contributed by atoms with Gasteiger partial charge in [0.25, 0.3) is 5.56 Å². The number of hydrogen-bond donors (Lipinski definition) is 2. The third-order valence-electron chi connectivity index (χ3n) is 7.10. The molecule has 1 atom stereocenters. The maximum Gasteiger partial charge on any atom is 0.410 e. The summed E-state index contributed by atoms with van der Waals surface area (Å²) < 4.78 is 7.38. The Balaban J connectivity index is 1.53. The van der Waals surface area contributed by atoms with Gasteiger partial charge in [0.2, 0.25) is 5.91 Å². The zero-order valence-electron chi connectivity index (χ0n) is 25.8. The Morgan fingerprint density at radius 1 is 1.05 bits per heavy atom. The smallest absolute Gasteiger partial charge is 0.410 e. The van der Waals surface area contributed by atoms with Crippen LogP contribution in [0.3, 0.4) is 0 Å². The van der Waals surface area contributed by atoms with Crippen molar-refractivity contribution >= 4 is 34.4 Å². The van der Waals surface area contributed by atoms with Gasteiger partial charge in [-0.1, -0.05) is 12.0 Å². The third-order valence-corrected chi connectivity index (χ3v) is 7.10. The van der Waals surface area contributed by atoms with Crippen LogP contribution in [0.1, 0.15) is 50.2 Å². The molecule has 5 aromatic rings. The molecule has 2 amide bonds. The lowest BCUT2D eigenvalue weighted by Crippen LogP contribution is -2.45. The van der Waals surface area contributed by atoms with Crippen LogP contribution in [-0.4, -0.2) is 54.9 Å². The van der Waals surface area contributed by atoms with Gasteiger partial charge < -0.3 is 15.0 Å². The lowest BCUT2D eigenvalue weighted by molar-refractivity contribution is -0.120. The Bertz CT molecular complexity index is 2040. The van der Waals surface area contributed by atoms with Gasteiger partial charge in [0.15, 0.2) is 0 Å². The van der Waals surface area contributed by atoms with Crippen molar-refractivity contribution in [3.63, 3.8) is 0 Å². The Morgan fingerprint density at radius 2 is 1.82 bits per heavy atom. The van der Waals surface area contributed by atoms with Crippen molar-refractivity contribution in [2.24, 2.45) is 0 Å². The number of aryl methyl sites for hydroxylation is 2. The maximum atomic E-state index is 13.2. The Kier molecular flexibility index (Phi) is 7.98. The quantitative estimate of drug-likeness (QED) is 0.269. The molecular formula is C34H34N6O4. The molecule has 0 saturated carbocycles. The molecular weight excluding hydrogens is 556 g/mol. The van der Waals surface area contributed by atoms with Crippen LogP contribution in [0.2, 0.25) is 0 Å². The van der Waals surface area contributed by atoms with E-state index in [0.717, 1.165) is 39.1 Å². The summed E-state index contributed by atoms with van der Waals surface area (Å²) in [5.41, 5.74) is 4.85. The predicted octanol–water partition coefficient (Wildman–Crippen LogP) is 5.45. The van der Waals surface area contributed by atoms with E-state index < -0.39 is 23.6 Å². The molecule has 0 bridgehead atoms. The number of carbonyl (C=O) groups is 2. The lowest BCUT2D eigenvalue weighted by atomic mass is 10.1. The number of benzene rings is 1. The van der Waals surface area contributed by atoms with Crippen LogP contribution in [0.5, 0.6) is 0 Å². The minimum absolute atomic E-state index is 0.126. The highest BCUT2D eigenvalue weighted by Crippen LogP contribution is 2.28. The molecule has 224 valence electrons. The number of nitrogens with zero attached hydrogens (tertiary/aromatic N) is 4. The first-order chi connectivity index (χ1) is 20.8. The van der Waals surface area contributed by atoms with E-state index in [0.29, 0.717) is 11.3 Å². The molecule has 44 heavy (non-hydrogen) atoms. The fourth-order valence-corrected chi connectivity index (χ4v) is 4.68. The third kappa shape index (κ3) is 6.32. The standard InChI is InChI=1S/C34H34N6O4/c1-20-18-24-19-23(11-14-26(24)37-31(20)41)12-15-27-25(30-21(2)35-29-10-8-9-17-40(29)30)13-16-28(36-27)38-32(42)22(3)39(7)33(43)44-34(4,5)6/h8-11,13-14,16-19,22H,1-7H3,(H,37,41)(H,36,38,42). The minimum Gasteiger partial charge on any atom is -0.444 e. The molecule has 0 radical (unpaired) electrons. The zero-order chi connectivity index (χ0) is 31.8. The fourth-order valence-electron chi connectivity index (χ4n) is 4.68. The first kappa shape index (κ1) is 30.0. The number of H-pyrrole nitrogens is 1. The molecule has 4 heterocycles. The molecule has 2 N–H and O–H groups in total. The van der Waals surface area contributed by atoms with Crippen molar-refractivity contribution in [2.75, 3.05) is 12.4 Å². The summed E-state index contributed by atoms with van der Waals surface area (Å²) in [4.78, 5) is 51.2. The van der Waals surface area contributed by atoms with Crippen LogP contribution in [-0.2, 0) is 9.53 Å². The van der Waals surface area contributed by atoms with Crippen LogP contribution in [0.4, 0.5) is 10.6 Å². The number of anilines is 1. The van der Waals surface area contributed by atoms with E-state index >= 15 is 0 Å². The van der Waals surface area contributed by atoms with Gasteiger partial charge in [0.1, 0.15) is 28.8 Å². The van der Waals surface area contributed by atoms with Crippen LogP contribution in [0, 0.1) is 25.7 Å². The van der Waals surface area contributed by atoms with Gasteiger partial charge in [0.05, 0.1) is 11.4 Å². The topological polar surface area (TPSA) is 122 Å². The van der Waals surface area contributed by atoms with E-state index in [9.17, 15) is 14.4 Å². The van der Waals surface area contributed by atoms with E-state index in [4.69, 9.17) is 14.7 Å². The van der Waals surface area contributed by atoms with Crippen molar-refractivity contribution in [3.05, 3.63) is 93.7 Å². The maximum absolute atomic E-state index is 13.2. The number of aromatic nitrogens is 4. The number of aromatic amines is 1. The average Bonchev–Trinajstić information content (AvgIpc) is 3.30. The van der Waals surface area contributed by atoms with E-state index in [2.05, 4.69) is 22.1 Å². The number of carbonyl (C=O) groups excluding carboxylic acids is 2. The Labute approximate surface area is 255 Å². The van der Waals surface area contributed by atoms with Gasteiger partial charge in [-0.3, -0.25) is 18.9 Å². The lowest BCUT2D eigenvalue weighted by Gasteiger charge is -2.28. The summed E-state index contributed by atoms with van der Waals surface area (Å²) in [5.74, 6) is 6.25. The van der Waals surface area contributed by atoms with E-state index in [1.807, 2.05) is 66.1 Å². The zero-order valence-corrected chi connectivity index (χ0v) is 25.8. The van der Waals surface area contributed by atoms with Gasteiger partial charge in [-0.15, -0.1) is 0 Å². The summed E-state index contributed by atoms with van der Waals surface area (Å²) in [5, 5.41) is 3.68. The molecule has 1 aromatic carbocycles. The molecule has 1 unspecified atom stereocenters. The van der Waals surface area contributed by atoms with Gasteiger partial charge in [-0.25, -0.2) is 14.8 Å². The highest BCUT2D eigenvalue weighted by molar-refractivity contribution is 5.96. The second-order valence-corrected chi connectivity index (χ2v) is 11.7. The van der Waals surface area contributed by atoms with Crippen LogP contribution < -0.4 is 10.9 Å². The number of nitrogens with one attached hydrogen (secondary N) is 2. The second kappa shape index (κ2) is 11.7. The summed E-state index contributed by atoms with van der Waals surface area (Å²) in [6.45, 7) is 10.6. The number of pyridine rings is 3. The molecule has 0 saturated heterocycles. The molecule has 0 fully saturated rings. The Morgan fingerprint density at radius 3 is 2.57 bits per heavy atom. The second-order valence-electron chi connectivity index (χ2n) is 11.7. The number of likely N-dealkylation sites (N-methyl/N-ethyl adjacent to an activating group) is 1. The SMILES string of the molecule is Cc1nc2ccccn2c1-c1ccc(NC(=O)C(C)N(C)C(=O)OC(C)(C)C)nc1C#Cc1ccc2[nH]c(=O)c(C)cc2c1. The Hall–Kier alpha value is -5.43. The number of imidazole rings is 1. The molecule has 0 spiro atoms. The van der Waals surface area contributed by atoms with Gasteiger partial charge in [0, 0.05) is 35.5 Å². The molecule has 0 aliphatic heterocycles. The summed E-state index contributed by atoms with van der Waals surface area (Å²) in [6, 6.07) is 15.9. The molecule has 5 rings (SSSR count). The average molecular weight is 591 g/mol. The molecule has 4 aromatic heterocycles. The number of fused-ring (bicyclic) bond motifs is 2. The first-order valence-electron chi connectivity index (χ1n) is 14.2. The molecule has 0 aliphatic carbocycles. The van der Waals surface area contributed by atoms with E-state index in [1.54, 1.807) is 40.7 Å². The van der Waals surface area contributed by atoms with Crippen LogP contribution in [0.15, 0.2) is 65.6 Å². The summed E-state index contributed by atoms with van der Waals surface area (Å²) in [6.07, 6.45) is 1.32. The van der Waals surface area contributed by atoms with Gasteiger partial charge in [-0.05, 0) is 101 Å². The highest BCUT2D eigenvalue weighted by Gasteiger charge is 2.27. The highest BCUT2D eigenvalue weighted by atomic mass is 16.6. The number of rotatable bonds is 4. The molecule has 10 heteroatoms. The minimum atomic E-state index is -0.825. The van der Waals surface area contributed by atoms with E-state index in [-0.39, 0.29) is 11.4 Å². The number of hydrogen-bond acceptors (Lipinski definition) is 6.